The molecule has 5 nitrogen and oxygen atoms in total. The van der Waals surface area contributed by atoms with Crippen molar-refractivity contribution in [2.45, 2.75) is 45.2 Å². The highest BCUT2D eigenvalue weighted by atomic mass is 19.1. The Labute approximate surface area is 142 Å². The molecule has 1 heterocycles. The van der Waals surface area contributed by atoms with Crippen LogP contribution in [0, 0.1) is 11.7 Å². The minimum Gasteiger partial charge on any atom is -0.368 e. The van der Waals surface area contributed by atoms with Crippen molar-refractivity contribution in [2.24, 2.45) is 11.7 Å². The third-order valence-corrected chi connectivity index (χ3v) is 4.50. The van der Waals surface area contributed by atoms with Gasteiger partial charge in [-0.05, 0) is 43.0 Å². The van der Waals surface area contributed by atoms with E-state index in [0.29, 0.717) is 13.0 Å². The van der Waals surface area contributed by atoms with E-state index >= 15 is 0 Å². The summed E-state index contributed by atoms with van der Waals surface area (Å²) in [5.74, 6) is -0.662. The molecule has 0 spiro atoms. The molecule has 1 fully saturated rings. The topological polar surface area (TPSA) is 75.4 Å². The van der Waals surface area contributed by atoms with Crippen LogP contribution in [0.1, 0.15) is 44.7 Å². The summed E-state index contributed by atoms with van der Waals surface area (Å²) in [5.41, 5.74) is 6.31. The molecule has 3 N–H and O–H groups in total. The van der Waals surface area contributed by atoms with E-state index in [-0.39, 0.29) is 42.2 Å². The predicted molar refractivity (Wildman–Crippen MR) is 90.5 cm³/mol. The first-order chi connectivity index (χ1) is 11.4. The van der Waals surface area contributed by atoms with E-state index in [9.17, 15) is 14.0 Å². The van der Waals surface area contributed by atoms with Crippen molar-refractivity contribution in [3.8, 4) is 0 Å². The Morgan fingerprint density at radius 3 is 2.54 bits per heavy atom. The molecule has 2 amide bonds. The Morgan fingerprint density at radius 1 is 1.29 bits per heavy atom. The lowest BCUT2D eigenvalue weighted by Crippen LogP contribution is -2.51. The van der Waals surface area contributed by atoms with Gasteiger partial charge in [0.15, 0.2) is 0 Å². The van der Waals surface area contributed by atoms with E-state index in [0.717, 1.165) is 18.4 Å². The summed E-state index contributed by atoms with van der Waals surface area (Å²) in [6.07, 6.45) is 2.62. The fourth-order valence-electron chi connectivity index (χ4n) is 3.21. The van der Waals surface area contributed by atoms with Gasteiger partial charge in [-0.15, -0.1) is 0 Å². The van der Waals surface area contributed by atoms with Crippen molar-refractivity contribution in [3.63, 3.8) is 0 Å². The second kappa shape index (κ2) is 8.24. The molecule has 2 rings (SSSR count). The Hall–Kier alpha value is -1.95. The van der Waals surface area contributed by atoms with E-state index in [1.165, 1.54) is 12.1 Å². The number of carbonyl (C=O) groups excluding carboxylic acids is 2. The lowest BCUT2D eigenvalue weighted by molar-refractivity contribution is -0.128. The van der Waals surface area contributed by atoms with Crippen molar-refractivity contribution in [1.82, 2.24) is 10.2 Å². The normalized spacial score (nSPS) is 19.9. The number of piperidine rings is 1. The van der Waals surface area contributed by atoms with Crippen LogP contribution in [0.5, 0.6) is 0 Å². The van der Waals surface area contributed by atoms with Gasteiger partial charge in [-0.2, -0.15) is 0 Å². The van der Waals surface area contributed by atoms with Crippen LogP contribution in [-0.4, -0.2) is 35.8 Å². The number of hydrogen-bond acceptors (Lipinski definition) is 3. The third-order valence-electron chi connectivity index (χ3n) is 4.50. The minimum atomic E-state index is -0.374. The number of nitrogens with one attached hydrogen (secondary N) is 1. The van der Waals surface area contributed by atoms with Gasteiger partial charge in [0.1, 0.15) is 5.82 Å². The molecule has 1 saturated heterocycles. The third kappa shape index (κ3) is 4.77. The molecule has 0 bridgehead atoms. The Bertz CT molecular complexity index is 574. The summed E-state index contributed by atoms with van der Waals surface area (Å²) in [5, 5.41) is 3.00. The second-order valence-corrected chi connectivity index (χ2v) is 6.73. The molecular weight excluding hydrogens is 309 g/mol. The molecule has 1 aromatic carbocycles. The lowest BCUT2D eigenvalue weighted by atomic mass is 9.96. The Balaban J connectivity index is 2.02. The van der Waals surface area contributed by atoms with Gasteiger partial charge in [0.2, 0.25) is 11.8 Å². The van der Waals surface area contributed by atoms with Crippen molar-refractivity contribution < 1.29 is 14.0 Å². The molecule has 24 heavy (non-hydrogen) atoms. The molecule has 0 unspecified atom stereocenters. The number of amides is 2. The fraction of sp³-hybridized carbons (Fsp3) is 0.556. The minimum absolute atomic E-state index is 0.147. The molecule has 2 atom stereocenters. The number of likely N-dealkylation sites (tertiary alicyclic amines) is 1. The molecule has 0 aliphatic carbocycles. The molecule has 0 aromatic heterocycles. The summed E-state index contributed by atoms with van der Waals surface area (Å²) in [4.78, 5) is 25.8. The van der Waals surface area contributed by atoms with Crippen LogP contribution in [0.2, 0.25) is 0 Å². The molecule has 6 heteroatoms. The van der Waals surface area contributed by atoms with Gasteiger partial charge >= 0.3 is 0 Å². The standard InChI is InChI=1S/C18H26FN3O2/c1-12(2)17(13-6-8-14(19)9-7-13)21-16(23)11-22-10-4-3-5-15(22)18(20)24/h6-9,12,15,17H,3-5,10-11H2,1-2H3,(H2,20,24)(H,21,23)/t15-,17+/m1/s1. The molecular formula is C18H26FN3O2. The molecule has 132 valence electrons. The van der Waals surface area contributed by atoms with E-state index in [2.05, 4.69) is 5.32 Å². The number of primary amides is 1. The van der Waals surface area contributed by atoms with Gasteiger partial charge < -0.3 is 11.1 Å². The maximum atomic E-state index is 13.1. The van der Waals surface area contributed by atoms with E-state index < -0.39 is 0 Å². The molecule has 0 radical (unpaired) electrons. The van der Waals surface area contributed by atoms with Gasteiger partial charge in [0.05, 0.1) is 18.6 Å². The van der Waals surface area contributed by atoms with Crippen LogP contribution in [0.3, 0.4) is 0 Å². The lowest BCUT2D eigenvalue weighted by Gasteiger charge is -2.33. The van der Waals surface area contributed by atoms with Crippen LogP contribution in [0.25, 0.3) is 0 Å². The van der Waals surface area contributed by atoms with Crippen molar-refractivity contribution in [2.75, 3.05) is 13.1 Å². The number of nitrogens with two attached hydrogens (primary N) is 1. The second-order valence-electron chi connectivity index (χ2n) is 6.73. The number of carbonyl (C=O) groups is 2. The van der Waals surface area contributed by atoms with Gasteiger partial charge in [0.25, 0.3) is 0 Å². The number of hydrogen-bond donors (Lipinski definition) is 2. The molecule has 0 saturated carbocycles. The molecule has 1 aromatic rings. The van der Waals surface area contributed by atoms with E-state index in [4.69, 9.17) is 5.73 Å². The maximum Gasteiger partial charge on any atom is 0.234 e. The first-order valence-electron chi connectivity index (χ1n) is 8.46. The van der Waals surface area contributed by atoms with Gasteiger partial charge in [-0.1, -0.05) is 32.4 Å². The Kier molecular flexibility index (Phi) is 6.31. The first-order valence-corrected chi connectivity index (χ1v) is 8.46. The van der Waals surface area contributed by atoms with Crippen LogP contribution in [0.4, 0.5) is 4.39 Å². The first kappa shape index (κ1) is 18.4. The van der Waals surface area contributed by atoms with Crippen molar-refractivity contribution in [1.29, 1.82) is 0 Å². The quantitative estimate of drug-likeness (QED) is 0.835. The number of halogens is 1. The zero-order valence-electron chi connectivity index (χ0n) is 14.3. The number of nitrogens with zero attached hydrogens (tertiary/aromatic N) is 1. The van der Waals surface area contributed by atoms with Crippen LogP contribution >= 0.6 is 0 Å². The van der Waals surface area contributed by atoms with Crippen LogP contribution < -0.4 is 11.1 Å². The summed E-state index contributed by atoms with van der Waals surface area (Å²) in [7, 11) is 0. The van der Waals surface area contributed by atoms with Gasteiger partial charge in [-0.25, -0.2) is 4.39 Å². The highest BCUT2D eigenvalue weighted by Gasteiger charge is 2.29. The zero-order chi connectivity index (χ0) is 17.7. The van der Waals surface area contributed by atoms with Crippen LogP contribution in [0.15, 0.2) is 24.3 Å². The summed E-state index contributed by atoms with van der Waals surface area (Å²) >= 11 is 0. The Morgan fingerprint density at radius 2 is 1.96 bits per heavy atom. The van der Waals surface area contributed by atoms with Crippen LogP contribution in [-0.2, 0) is 9.59 Å². The monoisotopic (exact) mass is 335 g/mol. The number of benzene rings is 1. The van der Waals surface area contributed by atoms with Gasteiger partial charge in [-0.3, -0.25) is 14.5 Å². The average molecular weight is 335 g/mol. The van der Waals surface area contributed by atoms with E-state index in [1.54, 1.807) is 12.1 Å². The summed E-state index contributed by atoms with van der Waals surface area (Å²) in [6.45, 7) is 4.85. The van der Waals surface area contributed by atoms with E-state index in [1.807, 2.05) is 18.7 Å². The smallest absolute Gasteiger partial charge is 0.234 e. The summed E-state index contributed by atoms with van der Waals surface area (Å²) < 4.78 is 13.1. The SMILES string of the molecule is CC(C)[C@H](NC(=O)CN1CCCC[C@@H]1C(N)=O)c1ccc(F)cc1. The van der Waals surface area contributed by atoms with Crippen molar-refractivity contribution >= 4 is 11.8 Å². The summed E-state index contributed by atoms with van der Waals surface area (Å²) in [6, 6.07) is 5.60. The molecule has 1 aliphatic rings. The largest absolute Gasteiger partial charge is 0.368 e. The zero-order valence-corrected chi connectivity index (χ0v) is 14.3. The average Bonchev–Trinajstić information content (AvgIpc) is 2.53. The van der Waals surface area contributed by atoms with Gasteiger partial charge in [0, 0.05) is 0 Å². The highest BCUT2D eigenvalue weighted by molar-refractivity contribution is 5.82. The molecule has 1 aliphatic heterocycles. The maximum absolute atomic E-state index is 13.1. The fourth-order valence-corrected chi connectivity index (χ4v) is 3.21. The predicted octanol–water partition coefficient (Wildman–Crippen LogP) is 1.98. The highest BCUT2D eigenvalue weighted by Crippen LogP contribution is 2.22. The number of rotatable bonds is 6. The van der Waals surface area contributed by atoms with Crippen molar-refractivity contribution in [3.05, 3.63) is 35.6 Å².